The van der Waals surface area contributed by atoms with Gasteiger partial charge in [0, 0.05) is 13.7 Å². The fraction of sp³-hybridized carbons (Fsp3) is 0.900. The van der Waals surface area contributed by atoms with E-state index in [1.54, 1.807) is 7.11 Å². The first kappa shape index (κ1) is 14.7. The summed E-state index contributed by atoms with van der Waals surface area (Å²) in [6, 6.07) is 0.00723. The molecule has 0 radical (unpaired) electrons. The van der Waals surface area contributed by atoms with Crippen LogP contribution in [-0.4, -0.2) is 38.3 Å². The van der Waals surface area contributed by atoms with Gasteiger partial charge >= 0.3 is 0 Å². The molecule has 1 heterocycles. The van der Waals surface area contributed by atoms with Crippen LogP contribution >= 0.6 is 12.4 Å². The van der Waals surface area contributed by atoms with Crippen LogP contribution in [0.5, 0.6) is 0 Å². The van der Waals surface area contributed by atoms with E-state index in [9.17, 15) is 4.79 Å². The lowest BCUT2D eigenvalue weighted by Crippen LogP contribution is -2.48. The third kappa shape index (κ3) is 5.35. The number of methoxy groups -OCH3 is 1. The van der Waals surface area contributed by atoms with Gasteiger partial charge in [0.1, 0.15) is 0 Å². The molecule has 2 N–H and O–H groups in total. The van der Waals surface area contributed by atoms with Gasteiger partial charge in [-0.3, -0.25) is 4.79 Å². The van der Waals surface area contributed by atoms with Gasteiger partial charge in [0.25, 0.3) is 0 Å². The van der Waals surface area contributed by atoms with Crippen LogP contribution in [-0.2, 0) is 9.53 Å². The fourth-order valence-corrected chi connectivity index (χ4v) is 1.53. The van der Waals surface area contributed by atoms with E-state index < -0.39 is 0 Å². The Bertz CT molecular complexity index is 184. The fourth-order valence-electron chi connectivity index (χ4n) is 1.53. The Morgan fingerprint density at radius 3 is 2.87 bits per heavy atom. The normalized spacial score (nSPS) is 22.7. The maximum atomic E-state index is 11.6. The lowest BCUT2D eigenvalue weighted by molar-refractivity contribution is -0.124. The van der Waals surface area contributed by atoms with Crippen molar-refractivity contribution in [1.82, 2.24) is 10.6 Å². The van der Waals surface area contributed by atoms with Crippen molar-refractivity contribution >= 4 is 18.3 Å². The lowest BCUT2D eigenvalue weighted by atomic mass is 10.0. The lowest BCUT2D eigenvalue weighted by Gasteiger charge is -2.23. The van der Waals surface area contributed by atoms with E-state index in [1.807, 2.05) is 6.92 Å². The van der Waals surface area contributed by atoms with E-state index in [4.69, 9.17) is 4.74 Å². The first-order valence-electron chi connectivity index (χ1n) is 5.28. The predicted octanol–water partition coefficient (Wildman–Crippen LogP) is 0.701. The Balaban J connectivity index is 0.00000196. The molecule has 1 unspecified atom stereocenters. The predicted molar refractivity (Wildman–Crippen MR) is 62.4 cm³/mol. The molecule has 0 saturated carbocycles. The zero-order valence-electron chi connectivity index (χ0n) is 9.41. The van der Waals surface area contributed by atoms with Crippen LogP contribution in [0.15, 0.2) is 0 Å². The molecule has 1 amide bonds. The van der Waals surface area contributed by atoms with Gasteiger partial charge in [0.2, 0.25) is 5.91 Å². The minimum Gasteiger partial charge on any atom is -0.380 e. The quantitative estimate of drug-likeness (QED) is 0.756. The molecule has 0 aromatic rings. The summed E-state index contributed by atoms with van der Waals surface area (Å²) in [5.74, 6) is 0.105. The van der Waals surface area contributed by atoms with Crippen molar-refractivity contribution in [3.8, 4) is 0 Å². The van der Waals surface area contributed by atoms with Crippen molar-refractivity contribution in [3.63, 3.8) is 0 Å². The van der Waals surface area contributed by atoms with Gasteiger partial charge in [0.05, 0.1) is 12.1 Å². The minimum absolute atomic E-state index is 0. The van der Waals surface area contributed by atoms with E-state index in [0.717, 1.165) is 19.4 Å². The third-order valence-corrected chi connectivity index (χ3v) is 2.59. The number of amides is 1. The van der Waals surface area contributed by atoms with Gasteiger partial charge in [-0.05, 0) is 26.3 Å². The van der Waals surface area contributed by atoms with Crippen LogP contribution in [0, 0.1) is 0 Å². The average Bonchev–Trinajstić information content (AvgIpc) is 2.26. The molecular weight excluding hydrogens is 216 g/mol. The van der Waals surface area contributed by atoms with E-state index in [0.29, 0.717) is 6.54 Å². The monoisotopic (exact) mass is 236 g/mol. The molecule has 0 aromatic heterocycles. The summed E-state index contributed by atoms with van der Waals surface area (Å²) in [4.78, 5) is 11.6. The molecular formula is C10H21ClN2O2. The smallest absolute Gasteiger partial charge is 0.237 e. The molecule has 1 rings (SSSR count). The second-order valence-corrected chi connectivity index (χ2v) is 3.79. The van der Waals surface area contributed by atoms with Crippen LogP contribution < -0.4 is 10.6 Å². The third-order valence-electron chi connectivity index (χ3n) is 2.59. The summed E-state index contributed by atoms with van der Waals surface area (Å²) < 4.78 is 5.05. The highest BCUT2D eigenvalue weighted by molar-refractivity contribution is 5.85. The summed E-state index contributed by atoms with van der Waals surface area (Å²) in [5, 5.41) is 6.08. The first-order chi connectivity index (χ1) is 6.74. The SMILES string of the molecule is COC(C)CNC(=O)[C@H]1CCCCN1.Cl. The number of piperidine rings is 1. The molecule has 0 aliphatic carbocycles. The van der Waals surface area contributed by atoms with Crippen molar-refractivity contribution < 1.29 is 9.53 Å². The highest BCUT2D eigenvalue weighted by Gasteiger charge is 2.20. The number of halogens is 1. The first-order valence-corrected chi connectivity index (χ1v) is 5.28. The largest absolute Gasteiger partial charge is 0.380 e. The molecule has 5 heteroatoms. The Hall–Kier alpha value is -0.320. The topological polar surface area (TPSA) is 50.4 Å². The van der Waals surface area contributed by atoms with Crippen LogP contribution in [0.1, 0.15) is 26.2 Å². The number of ether oxygens (including phenoxy) is 1. The Labute approximate surface area is 97.5 Å². The number of hydrogen-bond acceptors (Lipinski definition) is 3. The van der Waals surface area contributed by atoms with E-state index in [1.165, 1.54) is 6.42 Å². The second-order valence-electron chi connectivity index (χ2n) is 3.79. The van der Waals surface area contributed by atoms with Gasteiger partial charge in [-0.15, -0.1) is 12.4 Å². The van der Waals surface area contributed by atoms with Crippen molar-refractivity contribution in [2.75, 3.05) is 20.2 Å². The van der Waals surface area contributed by atoms with Gasteiger partial charge in [-0.25, -0.2) is 0 Å². The van der Waals surface area contributed by atoms with Crippen LogP contribution in [0.25, 0.3) is 0 Å². The molecule has 0 spiro atoms. The summed E-state index contributed by atoms with van der Waals surface area (Å²) in [5.41, 5.74) is 0. The summed E-state index contributed by atoms with van der Waals surface area (Å²) in [6.07, 6.45) is 3.36. The molecule has 90 valence electrons. The molecule has 2 atom stereocenters. The minimum atomic E-state index is 0. The molecule has 0 aromatic carbocycles. The Kier molecular flexibility index (Phi) is 7.74. The van der Waals surface area contributed by atoms with Crippen molar-refractivity contribution in [1.29, 1.82) is 0 Å². The summed E-state index contributed by atoms with van der Waals surface area (Å²) in [7, 11) is 1.65. The van der Waals surface area contributed by atoms with E-state index >= 15 is 0 Å². The number of rotatable bonds is 4. The zero-order valence-corrected chi connectivity index (χ0v) is 10.2. The van der Waals surface area contributed by atoms with Crippen LogP contribution in [0.4, 0.5) is 0 Å². The molecule has 1 aliphatic heterocycles. The molecule has 15 heavy (non-hydrogen) atoms. The van der Waals surface area contributed by atoms with Crippen molar-refractivity contribution in [2.24, 2.45) is 0 Å². The second kappa shape index (κ2) is 7.91. The van der Waals surface area contributed by atoms with Crippen LogP contribution in [0.2, 0.25) is 0 Å². The molecule has 1 fully saturated rings. The highest BCUT2D eigenvalue weighted by Crippen LogP contribution is 2.06. The molecule has 1 aliphatic rings. The molecule has 1 saturated heterocycles. The number of carbonyl (C=O) groups excluding carboxylic acids is 1. The highest BCUT2D eigenvalue weighted by atomic mass is 35.5. The number of hydrogen-bond donors (Lipinski definition) is 2. The average molecular weight is 237 g/mol. The van der Waals surface area contributed by atoms with Gasteiger partial charge in [-0.1, -0.05) is 6.42 Å². The maximum Gasteiger partial charge on any atom is 0.237 e. The molecule has 0 bridgehead atoms. The summed E-state index contributed by atoms with van der Waals surface area (Å²) >= 11 is 0. The van der Waals surface area contributed by atoms with Crippen LogP contribution in [0.3, 0.4) is 0 Å². The molecule has 4 nitrogen and oxygen atoms in total. The summed E-state index contributed by atoms with van der Waals surface area (Å²) in [6.45, 7) is 3.49. The van der Waals surface area contributed by atoms with E-state index in [2.05, 4.69) is 10.6 Å². The van der Waals surface area contributed by atoms with E-state index in [-0.39, 0.29) is 30.5 Å². The zero-order chi connectivity index (χ0) is 10.4. The van der Waals surface area contributed by atoms with Crippen molar-refractivity contribution in [3.05, 3.63) is 0 Å². The van der Waals surface area contributed by atoms with Crippen molar-refractivity contribution in [2.45, 2.75) is 38.3 Å². The van der Waals surface area contributed by atoms with Gasteiger partial charge in [-0.2, -0.15) is 0 Å². The number of carbonyl (C=O) groups is 1. The van der Waals surface area contributed by atoms with Gasteiger partial charge in [0.15, 0.2) is 0 Å². The standard InChI is InChI=1S/C10H20N2O2.ClH/c1-8(14-2)7-12-10(13)9-5-3-4-6-11-9;/h8-9,11H,3-7H2,1-2H3,(H,12,13);1H/t8?,9-;/m1./s1. The number of nitrogens with one attached hydrogen (secondary N) is 2. The van der Waals surface area contributed by atoms with Gasteiger partial charge < -0.3 is 15.4 Å². The maximum absolute atomic E-state index is 11.6. The Morgan fingerprint density at radius 1 is 1.60 bits per heavy atom. The Morgan fingerprint density at radius 2 is 2.33 bits per heavy atom.